The molecule has 0 unspecified atom stereocenters. The molecule has 0 fully saturated rings. The summed E-state index contributed by atoms with van der Waals surface area (Å²) in [7, 11) is 0. The molecule has 0 atom stereocenters. The van der Waals surface area contributed by atoms with Gasteiger partial charge in [0.15, 0.2) is 0 Å². The largest absolute Gasteiger partial charge is 0.312 e. The van der Waals surface area contributed by atoms with Gasteiger partial charge in [0.25, 0.3) is 5.91 Å². The summed E-state index contributed by atoms with van der Waals surface area (Å²) in [5.74, 6) is -0.779. The third-order valence-electron chi connectivity index (χ3n) is 4.36. The van der Waals surface area contributed by atoms with E-state index in [-0.39, 0.29) is 16.5 Å². The van der Waals surface area contributed by atoms with Gasteiger partial charge in [0.1, 0.15) is 16.5 Å². The van der Waals surface area contributed by atoms with Crippen molar-refractivity contribution < 1.29 is 9.18 Å². The average Bonchev–Trinajstić information content (AvgIpc) is 3.19. The molecule has 32 heavy (non-hydrogen) atoms. The predicted octanol–water partition coefficient (Wildman–Crippen LogP) is 6.95. The van der Waals surface area contributed by atoms with Crippen LogP contribution < -0.4 is 10.7 Å². The Morgan fingerprint density at radius 1 is 1.00 bits per heavy atom. The number of nitrogens with zero attached hydrogens (tertiary/aromatic N) is 2. The van der Waals surface area contributed by atoms with Gasteiger partial charge in [-0.05, 0) is 36.4 Å². The fourth-order valence-corrected chi connectivity index (χ4v) is 3.98. The monoisotopic (exact) mass is 484 g/mol. The molecule has 0 aliphatic carbocycles. The molecule has 4 rings (SSSR count). The lowest BCUT2D eigenvalue weighted by molar-refractivity contribution is 0.102. The second-order valence-electron chi connectivity index (χ2n) is 6.53. The zero-order valence-corrected chi connectivity index (χ0v) is 18.7. The zero-order valence-electron chi connectivity index (χ0n) is 16.4. The van der Waals surface area contributed by atoms with Crippen molar-refractivity contribution in [2.45, 2.75) is 0 Å². The Hall–Kier alpha value is -3.26. The van der Waals surface area contributed by atoms with E-state index in [0.717, 1.165) is 5.56 Å². The predicted molar refractivity (Wildman–Crippen MR) is 130 cm³/mol. The van der Waals surface area contributed by atoms with Gasteiger partial charge in [-0.15, -0.1) is 0 Å². The molecular formula is C23H15Cl2FN4OS. The molecule has 1 heterocycles. The first kappa shape index (κ1) is 22.0. The van der Waals surface area contributed by atoms with Crippen molar-refractivity contribution in [2.24, 2.45) is 5.10 Å². The van der Waals surface area contributed by atoms with Crippen LogP contribution in [0.1, 0.15) is 15.9 Å². The minimum atomic E-state index is -0.483. The van der Waals surface area contributed by atoms with Crippen LogP contribution in [-0.2, 0) is 0 Å². The maximum atomic E-state index is 13.9. The summed E-state index contributed by atoms with van der Waals surface area (Å²) in [6, 6.07) is 20.4. The molecule has 9 heteroatoms. The van der Waals surface area contributed by atoms with E-state index in [9.17, 15) is 9.18 Å². The Kier molecular flexibility index (Phi) is 6.80. The minimum absolute atomic E-state index is 0.165. The number of benzene rings is 3. The van der Waals surface area contributed by atoms with Crippen molar-refractivity contribution in [3.8, 4) is 11.3 Å². The van der Waals surface area contributed by atoms with Gasteiger partial charge in [0.2, 0.25) is 5.13 Å². The molecule has 0 spiro atoms. The number of halogens is 3. The molecule has 0 aliphatic heterocycles. The van der Waals surface area contributed by atoms with Gasteiger partial charge >= 0.3 is 0 Å². The van der Waals surface area contributed by atoms with Gasteiger partial charge < -0.3 is 5.32 Å². The first-order valence-electron chi connectivity index (χ1n) is 9.37. The first-order valence-corrected chi connectivity index (χ1v) is 10.9. The van der Waals surface area contributed by atoms with E-state index in [1.165, 1.54) is 29.7 Å². The molecule has 0 bridgehead atoms. The van der Waals surface area contributed by atoms with Crippen LogP contribution in [0.3, 0.4) is 0 Å². The van der Waals surface area contributed by atoms with Crippen LogP contribution in [0.5, 0.6) is 0 Å². The Bertz CT molecular complexity index is 1260. The summed E-state index contributed by atoms with van der Waals surface area (Å²) < 4.78 is 13.9. The lowest BCUT2D eigenvalue weighted by atomic mass is 10.1. The van der Waals surface area contributed by atoms with Crippen molar-refractivity contribution in [1.82, 2.24) is 4.98 Å². The van der Waals surface area contributed by atoms with Gasteiger partial charge in [0, 0.05) is 21.7 Å². The molecule has 1 amide bonds. The van der Waals surface area contributed by atoms with Crippen LogP contribution in [0, 0.1) is 5.82 Å². The molecular weight excluding hydrogens is 470 g/mol. The van der Waals surface area contributed by atoms with E-state index in [1.807, 2.05) is 30.3 Å². The number of amides is 1. The normalized spacial score (nSPS) is 11.0. The van der Waals surface area contributed by atoms with Crippen molar-refractivity contribution in [3.63, 3.8) is 0 Å². The van der Waals surface area contributed by atoms with E-state index in [4.69, 9.17) is 23.2 Å². The number of hydrogen-bond acceptors (Lipinski definition) is 5. The van der Waals surface area contributed by atoms with Crippen molar-refractivity contribution in [3.05, 3.63) is 99.8 Å². The van der Waals surface area contributed by atoms with Crippen LogP contribution >= 0.6 is 34.5 Å². The number of carbonyl (C=O) groups excluding carboxylic acids is 1. The minimum Gasteiger partial charge on any atom is -0.312 e. The summed E-state index contributed by atoms with van der Waals surface area (Å²) in [6.07, 6.45) is 1.28. The van der Waals surface area contributed by atoms with Crippen molar-refractivity contribution in [1.29, 1.82) is 0 Å². The topological polar surface area (TPSA) is 66.4 Å². The van der Waals surface area contributed by atoms with Crippen LogP contribution in [0.2, 0.25) is 10.0 Å². The number of anilines is 2. The maximum absolute atomic E-state index is 13.9. The molecule has 0 radical (unpaired) electrons. The number of thiazole rings is 1. The molecule has 4 aromatic rings. The average molecular weight is 485 g/mol. The highest BCUT2D eigenvalue weighted by atomic mass is 35.5. The number of carbonyl (C=O) groups is 1. The Balaban J connectivity index is 1.60. The number of rotatable bonds is 6. The summed E-state index contributed by atoms with van der Waals surface area (Å²) in [5, 5.41) is 8.69. The van der Waals surface area contributed by atoms with Crippen LogP contribution in [0.4, 0.5) is 14.5 Å². The second-order valence-corrected chi connectivity index (χ2v) is 8.37. The molecule has 0 aliphatic rings. The van der Waals surface area contributed by atoms with Crippen LogP contribution in [0.25, 0.3) is 11.3 Å². The summed E-state index contributed by atoms with van der Waals surface area (Å²) in [6.45, 7) is 0. The molecule has 2 N–H and O–H groups in total. The molecule has 0 saturated heterocycles. The van der Waals surface area contributed by atoms with Crippen LogP contribution in [0.15, 0.2) is 77.9 Å². The Morgan fingerprint density at radius 2 is 1.75 bits per heavy atom. The number of hydrazone groups is 1. The van der Waals surface area contributed by atoms with E-state index in [0.29, 0.717) is 26.4 Å². The number of aromatic nitrogens is 1. The third kappa shape index (κ3) is 5.13. The summed E-state index contributed by atoms with van der Waals surface area (Å²) >= 11 is 13.1. The van der Waals surface area contributed by atoms with E-state index in [1.54, 1.807) is 30.3 Å². The molecule has 3 aromatic carbocycles. The molecule has 5 nitrogen and oxygen atoms in total. The number of hydrogen-bond donors (Lipinski definition) is 2. The fourth-order valence-electron chi connectivity index (χ4n) is 2.81. The SMILES string of the molecule is O=C(Nc1sc(NN=Cc2c(F)cccc2Cl)nc1-c1ccccc1)c1ccc(Cl)cc1. The van der Waals surface area contributed by atoms with E-state index < -0.39 is 5.82 Å². The van der Waals surface area contributed by atoms with Crippen LogP contribution in [-0.4, -0.2) is 17.1 Å². The zero-order chi connectivity index (χ0) is 22.5. The second kappa shape index (κ2) is 9.91. The third-order valence-corrected chi connectivity index (χ3v) is 5.82. The fraction of sp³-hybridized carbons (Fsp3) is 0. The Morgan fingerprint density at radius 3 is 2.47 bits per heavy atom. The van der Waals surface area contributed by atoms with Gasteiger partial charge in [-0.25, -0.2) is 9.37 Å². The van der Waals surface area contributed by atoms with Gasteiger partial charge in [0.05, 0.1) is 11.2 Å². The first-order chi connectivity index (χ1) is 15.5. The smallest absolute Gasteiger partial charge is 0.256 e. The molecule has 0 saturated carbocycles. The van der Waals surface area contributed by atoms with Crippen molar-refractivity contribution >= 4 is 56.8 Å². The quantitative estimate of drug-likeness (QED) is 0.229. The molecule has 160 valence electrons. The van der Waals surface area contributed by atoms with Gasteiger partial charge in [-0.2, -0.15) is 5.10 Å². The lowest BCUT2D eigenvalue weighted by Crippen LogP contribution is -2.11. The highest BCUT2D eigenvalue weighted by molar-refractivity contribution is 7.20. The number of nitrogens with one attached hydrogen (secondary N) is 2. The standard InChI is InChI=1S/C23H15Cl2FN4OS/c24-16-11-9-15(10-12-16)21(31)29-22-20(14-5-2-1-3-6-14)28-23(32-22)30-27-13-17-18(25)7-4-8-19(17)26/h1-13H,(H,28,30)(H,29,31). The van der Waals surface area contributed by atoms with E-state index >= 15 is 0 Å². The van der Waals surface area contributed by atoms with Gasteiger partial charge in [-0.1, -0.05) is 70.9 Å². The summed E-state index contributed by atoms with van der Waals surface area (Å²) in [5.41, 5.74) is 4.81. The highest BCUT2D eigenvalue weighted by Gasteiger charge is 2.16. The van der Waals surface area contributed by atoms with E-state index in [2.05, 4.69) is 20.8 Å². The summed E-state index contributed by atoms with van der Waals surface area (Å²) in [4.78, 5) is 17.3. The highest BCUT2D eigenvalue weighted by Crippen LogP contribution is 2.36. The lowest BCUT2D eigenvalue weighted by Gasteiger charge is -2.05. The maximum Gasteiger partial charge on any atom is 0.256 e. The van der Waals surface area contributed by atoms with Gasteiger partial charge in [-0.3, -0.25) is 10.2 Å². The molecule has 1 aromatic heterocycles. The Labute approximate surface area is 197 Å². The van der Waals surface area contributed by atoms with Crippen molar-refractivity contribution in [2.75, 3.05) is 10.7 Å².